The Hall–Kier alpha value is -3.33. The number of nitrogens with zero attached hydrogens (tertiary/aromatic N) is 2. The fourth-order valence-corrected chi connectivity index (χ4v) is 2.98. The molecule has 2 aromatic carbocycles. The Labute approximate surface area is 157 Å². The van der Waals surface area contributed by atoms with Crippen LogP contribution in [0.4, 0.5) is 5.69 Å². The molecule has 6 nitrogen and oxygen atoms in total. The first-order valence-electron chi connectivity index (χ1n) is 8.80. The van der Waals surface area contributed by atoms with Crippen LogP contribution in [0.2, 0.25) is 0 Å². The molecule has 0 saturated carbocycles. The number of fused-ring (bicyclic) bond motifs is 1. The summed E-state index contributed by atoms with van der Waals surface area (Å²) in [5.41, 5.74) is 2.51. The van der Waals surface area contributed by atoms with E-state index in [1.165, 1.54) is 0 Å². The maximum absolute atomic E-state index is 12.5. The highest BCUT2D eigenvalue weighted by Crippen LogP contribution is 2.26. The molecule has 27 heavy (non-hydrogen) atoms. The third kappa shape index (κ3) is 4.45. The summed E-state index contributed by atoms with van der Waals surface area (Å²) in [6.07, 6.45) is 0.962. The van der Waals surface area contributed by atoms with Crippen molar-refractivity contribution in [3.05, 3.63) is 59.7 Å². The molecule has 0 radical (unpaired) electrons. The number of carbonyl (C=O) groups excluding carboxylic acids is 2. The summed E-state index contributed by atoms with van der Waals surface area (Å²) >= 11 is 0. The lowest BCUT2D eigenvalue weighted by Gasteiger charge is -2.29. The smallest absolute Gasteiger partial charge is 0.347 e. The summed E-state index contributed by atoms with van der Waals surface area (Å²) in [4.78, 5) is 26.3. The van der Waals surface area contributed by atoms with Gasteiger partial charge in [0.1, 0.15) is 5.75 Å². The van der Waals surface area contributed by atoms with Crippen LogP contribution in [0.5, 0.6) is 5.75 Å². The van der Waals surface area contributed by atoms with Crippen LogP contribution in [0.1, 0.15) is 24.5 Å². The Kier molecular flexibility index (Phi) is 5.72. The molecule has 1 amide bonds. The molecule has 0 saturated heterocycles. The van der Waals surface area contributed by atoms with Gasteiger partial charge in [-0.1, -0.05) is 18.2 Å². The minimum Gasteiger partial charge on any atom is -0.479 e. The third-order valence-electron chi connectivity index (χ3n) is 4.38. The molecule has 0 aliphatic carbocycles. The number of amides is 1. The fraction of sp³-hybridized carbons (Fsp3) is 0.286. The molecule has 0 fully saturated rings. The van der Waals surface area contributed by atoms with Crippen molar-refractivity contribution in [2.24, 2.45) is 0 Å². The Balaban J connectivity index is 1.54. The highest BCUT2D eigenvalue weighted by atomic mass is 16.6. The van der Waals surface area contributed by atoms with E-state index < -0.39 is 12.1 Å². The molecule has 0 bridgehead atoms. The van der Waals surface area contributed by atoms with Gasteiger partial charge in [-0.2, -0.15) is 5.26 Å². The molecular formula is C21H20N2O4. The van der Waals surface area contributed by atoms with Crippen LogP contribution in [-0.4, -0.2) is 31.1 Å². The number of anilines is 1. The number of benzene rings is 2. The van der Waals surface area contributed by atoms with Gasteiger partial charge in [0.25, 0.3) is 5.91 Å². The van der Waals surface area contributed by atoms with Crippen LogP contribution in [0.15, 0.2) is 48.5 Å². The van der Waals surface area contributed by atoms with Crippen LogP contribution < -0.4 is 9.64 Å². The minimum absolute atomic E-state index is 0.249. The second kappa shape index (κ2) is 8.37. The molecule has 2 aromatic rings. The zero-order valence-corrected chi connectivity index (χ0v) is 15.1. The number of hydrogen-bond acceptors (Lipinski definition) is 5. The minimum atomic E-state index is -0.862. The van der Waals surface area contributed by atoms with Crippen LogP contribution >= 0.6 is 0 Å². The molecule has 138 valence electrons. The highest BCUT2D eigenvalue weighted by Gasteiger charge is 2.24. The third-order valence-corrected chi connectivity index (χ3v) is 4.38. The lowest BCUT2D eigenvalue weighted by molar-refractivity contribution is -0.154. The van der Waals surface area contributed by atoms with Gasteiger partial charge >= 0.3 is 5.97 Å². The average molecular weight is 364 g/mol. The predicted octanol–water partition coefficient (Wildman–Crippen LogP) is 2.85. The summed E-state index contributed by atoms with van der Waals surface area (Å²) in [5.74, 6) is -0.409. The standard InChI is InChI=1S/C21H20N2O4/c1-15(27-18-10-8-16(13-22)9-11-18)21(25)26-14-20(24)23-12-4-6-17-5-2-3-7-19(17)23/h2-3,5,7-11,15H,4,6,12,14H2,1H3/t15-/m1/s1. The van der Waals surface area contributed by atoms with Crippen LogP contribution in [0.25, 0.3) is 0 Å². The van der Waals surface area contributed by atoms with Crippen LogP contribution in [-0.2, 0) is 20.7 Å². The number of aryl methyl sites for hydroxylation is 1. The van der Waals surface area contributed by atoms with E-state index in [0.29, 0.717) is 17.9 Å². The summed E-state index contributed by atoms with van der Waals surface area (Å²) in [5, 5.41) is 8.79. The second-order valence-corrected chi connectivity index (χ2v) is 6.28. The van der Waals surface area contributed by atoms with E-state index in [1.54, 1.807) is 36.1 Å². The number of rotatable bonds is 5. The lowest BCUT2D eigenvalue weighted by Crippen LogP contribution is -2.39. The van der Waals surface area contributed by atoms with Gasteiger partial charge < -0.3 is 14.4 Å². The van der Waals surface area contributed by atoms with Crippen molar-refractivity contribution in [1.82, 2.24) is 0 Å². The molecule has 0 N–H and O–H groups in total. The summed E-state index contributed by atoms with van der Waals surface area (Å²) in [6, 6.07) is 16.2. The van der Waals surface area contributed by atoms with E-state index in [1.807, 2.05) is 30.3 Å². The number of esters is 1. The normalized spacial score (nSPS) is 13.9. The van der Waals surface area contributed by atoms with E-state index in [-0.39, 0.29) is 12.5 Å². The monoisotopic (exact) mass is 364 g/mol. The van der Waals surface area contributed by atoms with E-state index in [2.05, 4.69) is 0 Å². The topological polar surface area (TPSA) is 79.6 Å². The van der Waals surface area contributed by atoms with E-state index in [0.717, 1.165) is 24.1 Å². The van der Waals surface area contributed by atoms with Crippen molar-refractivity contribution in [1.29, 1.82) is 5.26 Å². The number of para-hydroxylation sites is 1. The van der Waals surface area contributed by atoms with Gasteiger partial charge in [-0.15, -0.1) is 0 Å². The predicted molar refractivity (Wildman–Crippen MR) is 99.3 cm³/mol. The summed E-state index contributed by atoms with van der Waals surface area (Å²) < 4.78 is 10.6. The lowest BCUT2D eigenvalue weighted by atomic mass is 10.0. The Morgan fingerprint density at radius 1 is 1.19 bits per heavy atom. The SMILES string of the molecule is C[C@@H](Oc1ccc(C#N)cc1)C(=O)OCC(=O)N1CCCc2ccccc21. The van der Waals surface area contributed by atoms with Gasteiger partial charge in [0.05, 0.1) is 11.6 Å². The maximum Gasteiger partial charge on any atom is 0.347 e. The average Bonchev–Trinajstić information content (AvgIpc) is 2.71. The van der Waals surface area contributed by atoms with Crippen LogP contribution in [0, 0.1) is 11.3 Å². The second-order valence-electron chi connectivity index (χ2n) is 6.28. The van der Waals surface area contributed by atoms with Crippen molar-refractivity contribution in [3.8, 4) is 11.8 Å². The number of carbonyl (C=O) groups is 2. The molecule has 0 unspecified atom stereocenters. The zero-order chi connectivity index (χ0) is 19.2. The molecule has 0 spiro atoms. The van der Waals surface area contributed by atoms with Crippen molar-refractivity contribution in [2.75, 3.05) is 18.1 Å². The Morgan fingerprint density at radius 3 is 2.67 bits per heavy atom. The molecule has 6 heteroatoms. The number of nitriles is 1. The Bertz CT molecular complexity index is 870. The van der Waals surface area contributed by atoms with Gasteiger partial charge in [-0.05, 0) is 55.7 Å². The largest absolute Gasteiger partial charge is 0.479 e. The van der Waals surface area contributed by atoms with Gasteiger partial charge in [0, 0.05) is 12.2 Å². The highest BCUT2D eigenvalue weighted by molar-refractivity contribution is 5.96. The maximum atomic E-state index is 12.5. The molecular weight excluding hydrogens is 344 g/mol. The summed E-state index contributed by atoms with van der Waals surface area (Å²) in [7, 11) is 0. The molecule has 1 aliphatic rings. The first-order chi connectivity index (χ1) is 13.1. The van der Waals surface area contributed by atoms with Crippen molar-refractivity contribution >= 4 is 17.6 Å². The molecule has 0 aromatic heterocycles. The molecule has 1 heterocycles. The summed E-state index contributed by atoms with van der Waals surface area (Å²) in [6.45, 7) is 1.85. The van der Waals surface area contributed by atoms with Crippen molar-refractivity contribution in [2.45, 2.75) is 25.9 Å². The molecule has 1 atom stereocenters. The number of hydrogen-bond donors (Lipinski definition) is 0. The quantitative estimate of drug-likeness (QED) is 0.762. The van der Waals surface area contributed by atoms with Crippen molar-refractivity contribution in [3.63, 3.8) is 0 Å². The van der Waals surface area contributed by atoms with E-state index in [9.17, 15) is 9.59 Å². The molecule has 1 aliphatic heterocycles. The number of ether oxygens (including phenoxy) is 2. The molecule has 3 rings (SSSR count). The van der Waals surface area contributed by atoms with Gasteiger partial charge in [-0.25, -0.2) is 4.79 Å². The van der Waals surface area contributed by atoms with Gasteiger partial charge in [0.2, 0.25) is 0 Å². The fourth-order valence-electron chi connectivity index (χ4n) is 2.98. The zero-order valence-electron chi connectivity index (χ0n) is 15.1. The first-order valence-corrected chi connectivity index (χ1v) is 8.80. The van der Waals surface area contributed by atoms with Gasteiger partial charge in [0.15, 0.2) is 12.7 Å². The van der Waals surface area contributed by atoms with Crippen molar-refractivity contribution < 1.29 is 19.1 Å². The van der Waals surface area contributed by atoms with Gasteiger partial charge in [-0.3, -0.25) is 4.79 Å². The van der Waals surface area contributed by atoms with Crippen LogP contribution in [0.3, 0.4) is 0 Å². The van der Waals surface area contributed by atoms with E-state index >= 15 is 0 Å². The first kappa shape index (κ1) is 18.5. The Morgan fingerprint density at radius 2 is 1.93 bits per heavy atom. The van der Waals surface area contributed by atoms with E-state index in [4.69, 9.17) is 14.7 Å².